The van der Waals surface area contributed by atoms with Gasteiger partial charge in [0.15, 0.2) is 0 Å². The third-order valence-corrected chi connectivity index (χ3v) is 3.16. The SMILES string of the molecule is C=CC(=O)OC/C(C)=C/CC/C(C)=C/CC/C(C)=C/C. The summed E-state index contributed by atoms with van der Waals surface area (Å²) in [5, 5.41) is 0. The van der Waals surface area contributed by atoms with Crippen molar-refractivity contribution in [2.75, 3.05) is 6.61 Å². The van der Waals surface area contributed by atoms with Gasteiger partial charge in [0.1, 0.15) is 6.61 Å². The molecule has 0 aromatic heterocycles. The first-order chi connectivity index (χ1) is 9.49. The fraction of sp³-hybridized carbons (Fsp3) is 0.500. The van der Waals surface area contributed by atoms with E-state index in [9.17, 15) is 4.79 Å². The van der Waals surface area contributed by atoms with Crippen molar-refractivity contribution < 1.29 is 9.53 Å². The molecule has 0 heterocycles. The van der Waals surface area contributed by atoms with Crippen LogP contribution in [0.4, 0.5) is 0 Å². The van der Waals surface area contributed by atoms with Crippen LogP contribution in [0.1, 0.15) is 53.4 Å². The Hall–Kier alpha value is -1.57. The number of hydrogen-bond donors (Lipinski definition) is 0. The van der Waals surface area contributed by atoms with Gasteiger partial charge in [0.05, 0.1) is 0 Å². The topological polar surface area (TPSA) is 26.3 Å². The first kappa shape index (κ1) is 18.4. The largest absolute Gasteiger partial charge is 0.458 e. The lowest BCUT2D eigenvalue weighted by molar-refractivity contribution is -0.136. The fourth-order valence-corrected chi connectivity index (χ4v) is 1.64. The molecule has 0 radical (unpaired) electrons. The van der Waals surface area contributed by atoms with Gasteiger partial charge in [-0.1, -0.05) is 36.0 Å². The summed E-state index contributed by atoms with van der Waals surface area (Å²) >= 11 is 0. The molecule has 0 aliphatic heterocycles. The Bertz CT molecular complexity index is 398. The molecule has 0 unspecified atom stereocenters. The molecule has 0 atom stereocenters. The summed E-state index contributed by atoms with van der Waals surface area (Å²) in [5.74, 6) is -0.367. The lowest BCUT2D eigenvalue weighted by atomic mass is 10.1. The summed E-state index contributed by atoms with van der Waals surface area (Å²) < 4.78 is 4.97. The Morgan fingerprint density at radius 2 is 1.55 bits per heavy atom. The van der Waals surface area contributed by atoms with Crippen LogP contribution < -0.4 is 0 Å². The van der Waals surface area contributed by atoms with Crippen LogP contribution in [-0.2, 0) is 9.53 Å². The molecular weight excluding hydrogens is 248 g/mol. The quantitative estimate of drug-likeness (QED) is 0.331. The van der Waals surface area contributed by atoms with Crippen LogP contribution in [0.5, 0.6) is 0 Å². The molecule has 0 N–H and O–H groups in total. The predicted molar refractivity (Wildman–Crippen MR) is 86.6 cm³/mol. The van der Waals surface area contributed by atoms with Gasteiger partial charge in [-0.15, -0.1) is 0 Å². The van der Waals surface area contributed by atoms with Gasteiger partial charge >= 0.3 is 5.97 Å². The lowest BCUT2D eigenvalue weighted by Crippen LogP contribution is -2.02. The zero-order valence-electron chi connectivity index (χ0n) is 13.4. The van der Waals surface area contributed by atoms with Gasteiger partial charge in [-0.05, 0) is 59.0 Å². The molecule has 2 heteroatoms. The van der Waals surface area contributed by atoms with E-state index in [-0.39, 0.29) is 5.97 Å². The van der Waals surface area contributed by atoms with Crippen molar-refractivity contribution in [2.24, 2.45) is 0 Å². The van der Waals surface area contributed by atoms with E-state index in [1.807, 2.05) is 6.92 Å². The smallest absolute Gasteiger partial charge is 0.330 e. The third-order valence-electron chi connectivity index (χ3n) is 3.16. The molecule has 0 aliphatic rings. The molecule has 112 valence electrons. The standard InChI is InChI=1S/C18H28O2/c1-6-15(3)10-8-11-16(4)12-9-13-17(5)14-20-18(19)7-2/h6-7,11,13H,2,8-10,12,14H2,1,3-5H3/b15-6+,16-11+,17-13+. The fourth-order valence-electron chi connectivity index (χ4n) is 1.64. The van der Waals surface area contributed by atoms with Gasteiger partial charge in [0.2, 0.25) is 0 Å². The van der Waals surface area contributed by atoms with E-state index in [4.69, 9.17) is 4.74 Å². The van der Waals surface area contributed by atoms with Crippen LogP contribution in [0.15, 0.2) is 47.6 Å². The average molecular weight is 276 g/mol. The van der Waals surface area contributed by atoms with E-state index >= 15 is 0 Å². The van der Waals surface area contributed by atoms with E-state index < -0.39 is 0 Å². The summed E-state index contributed by atoms with van der Waals surface area (Å²) in [7, 11) is 0. The summed E-state index contributed by atoms with van der Waals surface area (Å²) in [6.45, 7) is 12.1. The Kier molecular flexibility index (Phi) is 10.4. The van der Waals surface area contributed by atoms with Gasteiger partial charge in [0, 0.05) is 6.08 Å². The number of hydrogen-bond acceptors (Lipinski definition) is 2. The molecule has 0 amide bonds. The molecule has 0 rings (SSSR count). The zero-order chi connectivity index (χ0) is 15.4. The molecule has 0 aromatic carbocycles. The Morgan fingerprint density at radius 1 is 1.00 bits per heavy atom. The first-order valence-corrected chi connectivity index (χ1v) is 7.21. The van der Waals surface area contributed by atoms with Crippen molar-refractivity contribution in [3.05, 3.63) is 47.6 Å². The van der Waals surface area contributed by atoms with Gasteiger partial charge in [-0.2, -0.15) is 0 Å². The number of carbonyl (C=O) groups excluding carboxylic acids is 1. The van der Waals surface area contributed by atoms with Crippen molar-refractivity contribution in [3.63, 3.8) is 0 Å². The lowest BCUT2D eigenvalue weighted by Gasteiger charge is -2.03. The van der Waals surface area contributed by atoms with E-state index in [2.05, 4.69) is 45.6 Å². The van der Waals surface area contributed by atoms with Gasteiger partial charge in [-0.3, -0.25) is 0 Å². The van der Waals surface area contributed by atoms with Crippen LogP contribution in [-0.4, -0.2) is 12.6 Å². The van der Waals surface area contributed by atoms with Crippen molar-refractivity contribution in [2.45, 2.75) is 53.4 Å². The summed E-state index contributed by atoms with van der Waals surface area (Å²) in [6.07, 6.45) is 12.1. The number of allylic oxidation sites excluding steroid dienone is 5. The maximum absolute atomic E-state index is 10.9. The maximum Gasteiger partial charge on any atom is 0.330 e. The van der Waals surface area contributed by atoms with Crippen LogP contribution in [0.2, 0.25) is 0 Å². The molecule has 0 spiro atoms. The predicted octanol–water partition coefficient (Wildman–Crippen LogP) is 5.13. The van der Waals surface area contributed by atoms with Crippen LogP contribution in [0.3, 0.4) is 0 Å². The second kappa shape index (κ2) is 11.3. The molecule has 0 saturated heterocycles. The second-order valence-corrected chi connectivity index (χ2v) is 5.13. The Labute approximate surface area is 123 Å². The van der Waals surface area contributed by atoms with Crippen molar-refractivity contribution in [1.82, 2.24) is 0 Å². The molecular formula is C18H28O2. The highest BCUT2D eigenvalue weighted by Crippen LogP contribution is 2.11. The average Bonchev–Trinajstić information content (AvgIpc) is 2.44. The van der Waals surface area contributed by atoms with Crippen LogP contribution >= 0.6 is 0 Å². The number of ether oxygens (including phenoxy) is 1. The third kappa shape index (κ3) is 10.4. The number of carbonyl (C=O) groups is 1. The first-order valence-electron chi connectivity index (χ1n) is 7.21. The van der Waals surface area contributed by atoms with Crippen LogP contribution in [0.25, 0.3) is 0 Å². The molecule has 2 nitrogen and oxygen atoms in total. The summed E-state index contributed by atoms with van der Waals surface area (Å²) in [6, 6.07) is 0. The molecule has 0 fully saturated rings. The highest BCUT2D eigenvalue weighted by atomic mass is 16.5. The van der Waals surface area contributed by atoms with E-state index in [1.54, 1.807) is 0 Å². The highest BCUT2D eigenvalue weighted by molar-refractivity contribution is 5.81. The normalized spacial score (nSPS) is 13.3. The Morgan fingerprint density at radius 3 is 2.10 bits per heavy atom. The van der Waals surface area contributed by atoms with Gasteiger partial charge in [-0.25, -0.2) is 4.79 Å². The molecule has 0 aromatic rings. The van der Waals surface area contributed by atoms with Gasteiger partial charge in [0.25, 0.3) is 0 Å². The maximum atomic E-state index is 10.9. The summed E-state index contributed by atoms with van der Waals surface area (Å²) in [4.78, 5) is 10.9. The minimum Gasteiger partial charge on any atom is -0.458 e. The van der Waals surface area contributed by atoms with Gasteiger partial charge < -0.3 is 4.74 Å². The van der Waals surface area contributed by atoms with Crippen molar-refractivity contribution in [1.29, 1.82) is 0 Å². The van der Waals surface area contributed by atoms with E-state index in [1.165, 1.54) is 17.2 Å². The van der Waals surface area contributed by atoms with Crippen molar-refractivity contribution in [3.8, 4) is 0 Å². The van der Waals surface area contributed by atoms with E-state index in [0.29, 0.717) is 6.61 Å². The molecule has 0 saturated carbocycles. The minimum absolute atomic E-state index is 0.355. The molecule has 20 heavy (non-hydrogen) atoms. The monoisotopic (exact) mass is 276 g/mol. The Balaban J connectivity index is 3.93. The van der Waals surface area contributed by atoms with E-state index in [0.717, 1.165) is 31.3 Å². The molecule has 0 aliphatic carbocycles. The van der Waals surface area contributed by atoms with Crippen molar-refractivity contribution >= 4 is 5.97 Å². The number of rotatable bonds is 9. The second-order valence-electron chi connectivity index (χ2n) is 5.13. The minimum atomic E-state index is -0.367. The highest BCUT2D eigenvalue weighted by Gasteiger charge is 1.96. The van der Waals surface area contributed by atoms with Crippen LogP contribution in [0, 0.1) is 0 Å². The number of esters is 1. The summed E-state index contributed by atoms with van der Waals surface area (Å²) in [5.41, 5.74) is 3.94. The zero-order valence-corrected chi connectivity index (χ0v) is 13.4. The molecule has 0 bridgehead atoms.